The third-order valence-electron chi connectivity index (χ3n) is 10.0. The van der Waals surface area contributed by atoms with Crippen molar-refractivity contribution in [3.05, 3.63) is 84.0 Å². The number of hydrogen-bond donors (Lipinski definition) is 0. The van der Waals surface area contributed by atoms with E-state index in [9.17, 15) is 0 Å². The van der Waals surface area contributed by atoms with Crippen molar-refractivity contribution in [1.82, 2.24) is 0 Å². The van der Waals surface area contributed by atoms with Gasteiger partial charge in [0.2, 0.25) is 0 Å². The smallest absolute Gasteiger partial charge is 0.261 e. The Morgan fingerprint density at radius 2 is 1.36 bits per heavy atom. The van der Waals surface area contributed by atoms with Crippen LogP contribution in [0.25, 0.3) is 0 Å². The van der Waals surface area contributed by atoms with Gasteiger partial charge in [0.05, 0.1) is 24.9 Å². The maximum Gasteiger partial charge on any atom is 0.261 e. The molecule has 0 amide bonds. The van der Waals surface area contributed by atoms with E-state index in [2.05, 4.69) is 171 Å². The summed E-state index contributed by atoms with van der Waals surface area (Å²) in [7, 11) is -4.37. The zero-order chi connectivity index (χ0) is 32.8. The highest BCUT2D eigenvalue weighted by Gasteiger charge is 2.50. The Morgan fingerprint density at radius 3 is 1.84 bits per heavy atom. The van der Waals surface area contributed by atoms with Crippen molar-refractivity contribution in [2.45, 2.75) is 123 Å². The average Bonchev–Trinajstić information content (AvgIpc) is 2.95. The van der Waals surface area contributed by atoms with Gasteiger partial charge in [0, 0.05) is 4.43 Å². The lowest BCUT2D eigenvalue weighted by atomic mass is 9.89. The van der Waals surface area contributed by atoms with Crippen LogP contribution in [0.5, 0.6) is 0 Å². The largest absolute Gasteiger partial charge is 0.411 e. The maximum absolute atomic E-state index is 7.10. The molecule has 0 saturated carbocycles. The lowest BCUT2D eigenvalue weighted by Gasteiger charge is -2.46. The van der Waals surface area contributed by atoms with E-state index in [4.69, 9.17) is 13.6 Å². The summed E-state index contributed by atoms with van der Waals surface area (Å²) in [5.74, 6) is 0.495. The van der Waals surface area contributed by atoms with Crippen molar-refractivity contribution in [3.8, 4) is 0 Å². The van der Waals surface area contributed by atoms with E-state index < -0.39 is 16.6 Å². The molecule has 44 heavy (non-hydrogen) atoms. The fraction of sp³-hybridized carbons (Fsp3) is 0.579. The number of ether oxygens (including phenoxy) is 1. The summed E-state index contributed by atoms with van der Waals surface area (Å²) >= 11 is 2.48. The first-order valence-corrected chi connectivity index (χ1v) is 22.9. The lowest BCUT2D eigenvalue weighted by molar-refractivity contribution is -0.127. The van der Waals surface area contributed by atoms with E-state index in [1.54, 1.807) is 0 Å². The van der Waals surface area contributed by atoms with Gasteiger partial charge in [-0.15, -0.1) is 0 Å². The summed E-state index contributed by atoms with van der Waals surface area (Å²) in [6, 6.07) is 21.8. The molecule has 3 rings (SSSR count). The molecule has 1 fully saturated rings. The quantitative estimate of drug-likeness (QED) is 0.0938. The molecular formula is C38H59IO3Si2. The van der Waals surface area contributed by atoms with E-state index >= 15 is 0 Å². The Balaban J connectivity index is 1.67. The van der Waals surface area contributed by atoms with Crippen molar-refractivity contribution in [1.29, 1.82) is 0 Å². The highest BCUT2D eigenvalue weighted by Crippen LogP contribution is 2.41. The molecule has 3 nitrogen and oxygen atoms in total. The van der Waals surface area contributed by atoms with Gasteiger partial charge < -0.3 is 13.6 Å². The molecule has 1 saturated heterocycles. The van der Waals surface area contributed by atoms with Gasteiger partial charge in [-0.25, -0.2) is 0 Å². The maximum atomic E-state index is 7.10. The molecule has 1 heterocycles. The second-order valence-corrected chi connectivity index (χ2v) is 25.3. The number of halogens is 1. The van der Waals surface area contributed by atoms with Crippen LogP contribution in [0.1, 0.15) is 81.6 Å². The van der Waals surface area contributed by atoms with Crippen molar-refractivity contribution in [3.63, 3.8) is 0 Å². The molecule has 2 aromatic carbocycles. The van der Waals surface area contributed by atoms with Crippen LogP contribution in [0, 0.1) is 5.92 Å². The minimum Gasteiger partial charge on any atom is -0.411 e. The Kier molecular flexibility index (Phi) is 13.4. The van der Waals surface area contributed by atoms with Crippen LogP contribution in [0.2, 0.25) is 23.2 Å². The predicted octanol–water partition coefficient (Wildman–Crippen LogP) is 9.85. The van der Waals surface area contributed by atoms with Crippen molar-refractivity contribution in [2.75, 3.05) is 11.0 Å². The Hall–Kier alpha value is -1.04. The first kappa shape index (κ1) is 37.4. The molecule has 0 radical (unpaired) electrons. The van der Waals surface area contributed by atoms with E-state index in [0.717, 1.165) is 23.7 Å². The number of allylic oxidation sites excluding steroid dienone is 3. The average molecular weight is 747 g/mol. The molecule has 0 bridgehead atoms. The zero-order valence-electron chi connectivity index (χ0n) is 29.4. The minimum atomic E-state index is -2.54. The Bertz CT molecular complexity index is 1190. The summed E-state index contributed by atoms with van der Waals surface area (Å²) in [5, 5.41) is 2.82. The summed E-state index contributed by atoms with van der Waals surface area (Å²) in [6.07, 6.45) is 8.48. The SMILES string of the molecule is CC(=C\CC[C@@H]1O[C@H](CI)[C@@H](O[Si](C)(C)C(C)(C)C)C[C@@H]1C)/C(C)=C/CO[Si](c1ccccc1)(c1ccccc1)C(C)(C)C. The Labute approximate surface area is 285 Å². The number of rotatable bonds is 12. The highest BCUT2D eigenvalue weighted by atomic mass is 127. The van der Waals surface area contributed by atoms with Crippen LogP contribution in [0.15, 0.2) is 84.0 Å². The van der Waals surface area contributed by atoms with Crippen LogP contribution in [-0.2, 0) is 13.6 Å². The van der Waals surface area contributed by atoms with Gasteiger partial charge in [-0.3, -0.25) is 0 Å². The molecule has 0 aromatic heterocycles. The fourth-order valence-corrected chi connectivity index (χ4v) is 12.7. The second kappa shape index (κ2) is 15.7. The molecule has 1 aliphatic rings. The molecule has 6 heteroatoms. The summed E-state index contributed by atoms with van der Waals surface area (Å²) in [4.78, 5) is 0. The fourth-order valence-electron chi connectivity index (χ4n) is 6.12. The van der Waals surface area contributed by atoms with Crippen molar-refractivity contribution < 1.29 is 13.6 Å². The van der Waals surface area contributed by atoms with Crippen LogP contribution >= 0.6 is 22.6 Å². The molecular weight excluding hydrogens is 687 g/mol. The second-order valence-electron chi connectivity index (χ2n) is 15.3. The third kappa shape index (κ3) is 9.06. The van der Waals surface area contributed by atoms with Crippen LogP contribution in [0.3, 0.4) is 0 Å². The predicted molar refractivity (Wildman–Crippen MR) is 204 cm³/mol. The Morgan fingerprint density at radius 1 is 0.841 bits per heavy atom. The first-order chi connectivity index (χ1) is 20.5. The van der Waals surface area contributed by atoms with Crippen LogP contribution < -0.4 is 10.4 Å². The molecule has 244 valence electrons. The van der Waals surface area contributed by atoms with E-state index in [1.165, 1.54) is 21.5 Å². The minimum absolute atomic E-state index is 0.0242. The molecule has 1 aliphatic heterocycles. The third-order valence-corrected chi connectivity index (χ3v) is 20.4. The number of hydrogen-bond acceptors (Lipinski definition) is 3. The van der Waals surface area contributed by atoms with Gasteiger partial charge in [-0.2, -0.15) is 0 Å². The standard InChI is InChI=1S/C38H59IO3Si2/c1-29(19-18-24-34-31(3)27-35(36(28-39)41-34)42-43(10,11)37(4,5)6)30(2)25-26-40-44(38(7,8)9,32-20-14-12-15-21-32)33-22-16-13-17-23-33/h12-17,19-23,25,31,34-36H,18,24,26-28H2,1-11H3/b29-19+,30-25+/t31-,34-,35-,36+/m0/s1. The van der Waals surface area contributed by atoms with E-state index in [-0.39, 0.29) is 28.4 Å². The van der Waals surface area contributed by atoms with Gasteiger partial charge in [-0.05, 0) is 72.6 Å². The molecule has 0 aliphatic carbocycles. The monoisotopic (exact) mass is 746 g/mol. The first-order valence-electron chi connectivity index (χ1n) is 16.5. The van der Waals surface area contributed by atoms with Crippen LogP contribution in [-0.4, -0.2) is 46.0 Å². The molecule has 2 aromatic rings. The normalized spacial score (nSPS) is 22.7. The topological polar surface area (TPSA) is 27.7 Å². The van der Waals surface area contributed by atoms with Gasteiger partial charge in [0.25, 0.3) is 8.32 Å². The summed E-state index contributed by atoms with van der Waals surface area (Å²) in [5.41, 5.74) is 2.61. The summed E-state index contributed by atoms with van der Waals surface area (Å²) in [6.45, 7) is 26.1. The lowest BCUT2D eigenvalue weighted by Crippen LogP contribution is -2.66. The zero-order valence-corrected chi connectivity index (χ0v) is 33.5. The molecule has 0 N–H and O–H groups in total. The van der Waals surface area contributed by atoms with Crippen molar-refractivity contribution >= 4 is 49.6 Å². The van der Waals surface area contributed by atoms with Crippen LogP contribution in [0.4, 0.5) is 0 Å². The van der Waals surface area contributed by atoms with Gasteiger partial charge in [0.1, 0.15) is 0 Å². The van der Waals surface area contributed by atoms with E-state index in [1.807, 2.05) is 0 Å². The van der Waals surface area contributed by atoms with Gasteiger partial charge in [0.15, 0.2) is 8.32 Å². The van der Waals surface area contributed by atoms with Crippen molar-refractivity contribution in [2.24, 2.45) is 5.92 Å². The highest BCUT2D eigenvalue weighted by molar-refractivity contribution is 14.1. The molecule has 0 unspecified atom stereocenters. The van der Waals surface area contributed by atoms with Gasteiger partial charge >= 0.3 is 0 Å². The molecule has 4 atom stereocenters. The number of alkyl halides is 1. The number of benzene rings is 2. The summed E-state index contributed by atoms with van der Waals surface area (Å²) < 4.78 is 21.6. The van der Waals surface area contributed by atoms with Gasteiger partial charge in [-0.1, -0.05) is 155 Å². The molecule has 0 spiro atoms. The van der Waals surface area contributed by atoms with E-state index in [0.29, 0.717) is 12.5 Å².